The SMILES string of the molecule is CC(C)OC(=O)[C@H](C)NP(=S)(OC[C@@]1(C(F)F)O[C@@H](n2cc(Cl)c(=O)[nH]c2=O)[C@@H](O)[C@@H]1O)Oc1ccc2ccccc2c1. The number of aliphatic hydroxyl groups excluding tert-OH is 2. The summed E-state index contributed by atoms with van der Waals surface area (Å²) in [5.41, 5.74) is -5.03. The highest BCUT2D eigenvalue weighted by atomic mass is 35.5. The molecular formula is C26H29ClF2N3O9PS. The summed E-state index contributed by atoms with van der Waals surface area (Å²) in [6, 6.07) is 11.1. The van der Waals surface area contributed by atoms with Crippen LogP contribution in [0.25, 0.3) is 10.8 Å². The number of alkyl halides is 2. The van der Waals surface area contributed by atoms with Gasteiger partial charge in [-0.05, 0) is 55.5 Å². The standard InChI is InChI=1S/C26H29ClF2N3O9PS/c1-13(2)39-23(36)14(3)31-42(43,41-17-9-8-15-6-4-5-7-16(15)10-17)38-12-26(24(28)29)20(34)19(33)22(40-26)32-11-18(27)21(35)30-25(32)37/h4-11,13-14,19-20,22,24,33-34H,12H2,1-3H3,(H,31,43)(H,30,35,37)/t14-,19-,20-,22+,26+,42?/m0/s1. The Labute approximate surface area is 253 Å². The minimum absolute atomic E-state index is 0.185. The minimum atomic E-state index is -3.93. The zero-order chi connectivity index (χ0) is 31.7. The van der Waals surface area contributed by atoms with Crippen LogP contribution in [-0.2, 0) is 30.6 Å². The third-order valence-corrected chi connectivity index (χ3v) is 9.24. The van der Waals surface area contributed by atoms with Crippen LogP contribution in [0.3, 0.4) is 0 Å². The zero-order valence-electron chi connectivity index (χ0n) is 23.0. The molecule has 0 radical (unpaired) electrons. The van der Waals surface area contributed by atoms with Gasteiger partial charge in [-0.3, -0.25) is 19.1 Å². The number of ether oxygens (including phenoxy) is 2. The van der Waals surface area contributed by atoms with Gasteiger partial charge >= 0.3 is 18.3 Å². The molecule has 1 aliphatic heterocycles. The average molecular weight is 664 g/mol. The van der Waals surface area contributed by atoms with E-state index >= 15 is 0 Å². The van der Waals surface area contributed by atoms with E-state index in [9.17, 15) is 33.4 Å². The highest BCUT2D eigenvalue weighted by molar-refractivity contribution is 8.09. The first kappa shape index (κ1) is 33.1. The molecule has 1 aromatic heterocycles. The van der Waals surface area contributed by atoms with Gasteiger partial charge in [0.15, 0.2) is 11.8 Å². The highest BCUT2D eigenvalue weighted by Crippen LogP contribution is 2.49. The number of carbonyl (C=O) groups is 1. The van der Waals surface area contributed by atoms with Crippen molar-refractivity contribution >= 4 is 46.8 Å². The van der Waals surface area contributed by atoms with Crippen LogP contribution < -0.4 is 20.9 Å². The smallest absolute Gasteiger partial charge is 0.330 e. The Bertz CT molecular complexity index is 1660. The van der Waals surface area contributed by atoms with Gasteiger partial charge in [0.05, 0.1) is 12.7 Å². The number of nitrogens with zero attached hydrogens (tertiary/aromatic N) is 1. The summed E-state index contributed by atoms with van der Waals surface area (Å²) in [7, 11) is 0. The van der Waals surface area contributed by atoms with Gasteiger partial charge in [0, 0.05) is 6.20 Å². The quantitative estimate of drug-likeness (QED) is 0.176. The number of H-pyrrole nitrogens is 1. The fourth-order valence-corrected chi connectivity index (χ4v) is 6.87. The number of halogens is 3. The number of nitrogens with one attached hydrogen (secondary N) is 2. The van der Waals surface area contributed by atoms with Crippen molar-refractivity contribution in [1.82, 2.24) is 14.6 Å². The van der Waals surface area contributed by atoms with Crippen molar-refractivity contribution in [2.75, 3.05) is 6.61 Å². The summed E-state index contributed by atoms with van der Waals surface area (Å²) >= 11 is 11.4. The van der Waals surface area contributed by atoms with Crippen molar-refractivity contribution in [1.29, 1.82) is 0 Å². The van der Waals surface area contributed by atoms with Crippen LogP contribution in [0.15, 0.2) is 58.3 Å². The third kappa shape index (κ3) is 7.15. The second-order valence-corrected chi connectivity index (χ2v) is 13.6. The van der Waals surface area contributed by atoms with Crippen molar-refractivity contribution < 1.29 is 42.3 Å². The maximum atomic E-state index is 14.7. The first-order chi connectivity index (χ1) is 20.2. The predicted molar refractivity (Wildman–Crippen MR) is 156 cm³/mol. The van der Waals surface area contributed by atoms with Gasteiger partial charge in [0.1, 0.15) is 29.0 Å². The lowest BCUT2D eigenvalue weighted by atomic mass is 9.96. The van der Waals surface area contributed by atoms with Crippen LogP contribution in [0, 0.1) is 0 Å². The predicted octanol–water partition coefficient (Wildman–Crippen LogP) is 2.85. The summed E-state index contributed by atoms with van der Waals surface area (Å²) in [6.07, 6.45) is -9.50. The Morgan fingerprint density at radius 3 is 2.53 bits per heavy atom. The lowest BCUT2D eigenvalue weighted by Gasteiger charge is -2.34. The number of hydrogen-bond donors (Lipinski definition) is 4. The molecule has 0 spiro atoms. The monoisotopic (exact) mass is 663 g/mol. The average Bonchev–Trinajstić information content (AvgIpc) is 3.19. The van der Waals surface area contributed by atoms with E-state index in [4.69, 9.17) is 41.9 Å². The Morgan fingerprint density at radius 1 is 1.21 bits per heavy atom. The van der Waals surface area contributed by atoms with Crippen LogP contribution in [0.2, 0.25) is 5.02 Å². The molecule has 0 bridgehead atoms. The third-order valence-electron chi connectivity index (χ3n) is 6.49. The lowest BCUT2D eigenvalue weighted by Crippen LogP contribution is -2.53. The Balaban J connectivity index is 1.66. The number of hydrogen-bond acceptors (Lipinski definition) is 10. The van der Waals surface area contributed by atoms with E-state index in [0.717, 1.165) is 17.0 Å². The molecule has 17 heteroatoms. The van der Waals surface area contributed by atoms with Gasteiger partial charge in [0.25, 0.3) is 12.0 Å². The molecule has 3 aromatic rings. The van der Waals surface area contributed by atoms with Crippen molar-refractivity contribution in [2.45, 2.75) is 63.4 Å². The maximum Gasteiger partial charge on any atom is 0.330 e. The molecule has 6 atom stereocenters. The summed E-state index contributed by atoms with van der Waals surface area (Å²) in [4.78, 5) is 38.4. The van der Waals surface area contributed by atoms with Crippen LogP contribution in [-0.4, -0.2) is 68.7 Å². The lowest BCUT2D eigenvalue weighted by molar-refractivity contribution is -0.192. The van der Waals surface area contributed by atoms with Crippen LogP contribution in [0.1, 0.15) is 27.0 Å². The molecule has 4 rings (SSSR count). The Morgan fingerprint density at radius 2 is 1.88 bits per heavy atom. The summed E-state index contributed by atoms with van der Waals surface area (Å²) < 4.78 is 52.2. The summed E-state index contributed by atoms with van der Waals surface area (Å²) in [5, 5.41) is 25.3. The Kier molecular flexibility index (Phi) is 10.1. The topological polar surface area (TPSA) is 161 Å². The van der Waals surface area contributed by atoms with E-state index in [1.54, 1.807) is 38.1 Å². The fraction of sp³-hybridized carbons (Fsp3) is 0.423. The van der Waals surface area contributed by atoms with Gasteiger partial charge in [-0.1, -0.05) is 41.9 Å². The number of benzene rings is 2. The molecule has 0 saturated carbocycles. The molecule has 2 heterocycles. The molecule has 12 nitrogen and oxygen atoms in total. The molecule has 1 fully saturated rings. The van der Waals surface area contributed by atoms with E-state index in [-0.39, 0.29) is 5.75 Å². The molecule has 43 heavy (non-hydrogen) atoms. The van der Waals surface area contributed by atoms with E-state index in [1.807, 2.05) is 23.2 Å². The van der Waals surface area contributed by atoms with Crippen molar-refractivity contribution in [2.24, 2.45) is 0 Å². The molecule has 1 unspecified atom stereocenters. The van der Waals surface area contributed by atoms with E-state index in [0.29, 0.717) is 4.57 Å². The molecular weight excluding hydrogens is 635 g/mol. The molecule has 2 aromatic carbocycles. The van der Waals surface area contributed by atoms with Gasteiger partial charge in [-0.15, -0.1) is 0 Å². The molecule has 4 N–H and O–H groups in total. The van der Waals surface area contributed by atoms with Gasteiger partial charge in [0.2, 0.25) is 0 Å². The number of rotatable bonds is 11. The number of fused-ring (bicyclic) bond motifs is 1. The van der Waals surface area contributed by atoms with E-state index in [1.165, 1.54) is 6.92 Å². The number of carbonyl (C=O) groups excluding carboxylic acids is 1. The largest absolute Gasteiger partial charge is 0.462 e. The fourth-order valence-electron chi connectivity index (χ4n) is 4.31. The Hall–Kier alpha value is -2.75. The van der Waals surface area contributed by atoms with Crippen molar-refractivity contribution in [3.63, 3.8) is 0 Å². The molecule has 1 aliphatic rings. The van der Waals surface area contributed by atoms with Gasteiger partial charge < -0.3 is 28.7 Å². The maximum absolute atomic E-state index is 14.7. The molecule has 0 aliphatic carbocycles. The van der Waals surface area contributed by atoms with Crippen molar-refractivity contribution in [3.05, 3.63) is 74.5 Å². The van der Waals surface area contributed by atoms with Crippen LogP contribution in [0.5, 0.6) is 5.75 Å². The first-order valence-corrected chi connectivity index (χ1v) is 15.9. The number of esters is 1. The second kappa shape index (κ2) is 13.1. The summed E-state index contributed by atoms with van der Waals surface area (Å²) in [5.74, 6) is -0.536. The molecule has 0 amide bonds. The van der Waals surface area contributed by atoms with Gasteiger partial charge in [-0.2, -0.15) is 0 Å². The number of aliphatic hydroxyl groups is 2. The van der Waals surface area contributed by atoms with E-state index in [2.05, 4.69) is 5.09 Å². The molecule has 234 valence electrons. The van der Waals surface area contributed by atoms with E-state index < -0.39 is 78.1 Å². The van der Waals surface area contributed by atoms with Crippen LogP contribution >= 0.6 is 18.2 Å². The van der Waals surface area contributed by atoms with Crippen molar-refractivity contribution in [3.8, 4) is 5.75 Å². The van der Waals surface area contributed by atoms with Gasteiger partial charge in [-0.25, -0.2) is 18.7 Å². The highest BCUT2D eigenvalue weighted by Gasteiger charge is 2.61. The number of aromatic nitrogens is 2. The number of aromatic amines is 1. The zero-order valence-corrected chi connectivity index (χ0v) is 25.4. The second-order valence-electron chi connectivity index (χ2n) is 10.1. The van der Waals surface area contributed by atoms with Crippen LogP contribution in [0.4, 0.5) is 8.78 Å². The molecule has 1 saturated heterocycles. The normalized spacial score (nSPS) is 24.3. The minimum Gasteiger partial charge on any atom is -0.462 e. The summed E-state index contributed by atoms with van der Waals surface area (Å²) in [6.45, 7) is -0.405. The first-order valence-electron chi connectivity index (χ1n) is 12.9.